The Bertz CT molecular complexity index is 1330. The minimum absolute atomic E-state index is 0.185. The van der Waals surface area contributed by atoms with Gasteiger partial charge in [0.05, 0.1) is 59.3 Å². The SMILES string of the molecule is CC(CO)(CO)Nc1cc(-n2ccc3c(cnn3Cc3ccccc3F)c2=O)c(Cl)cn1. The minimum Gasteiger partial charge on any atom is -0.394 e. The van der Waals surface area contributed by atoms with E-state index in [2.05, 4.69) is 15.4 Å². The van der Waals surface area contributed by atoms with E-state index in [1.807, 2.05) is 0 Å². The molecule has 0 amide bonds. The van der Waals surface area contributed by atoms with Gasteiger partial charge in [-0.05, 0) is 19.1 Å². The van der Waals surface area contributed by atoms with E-state index >= 15 is 0 Å². The van der Waals surface area contributed by atoms with Gasteiger partial charge >= 0.3 is 0 Å². The van der Waals surface area contributed by atoms with Gasteiger partial charge in [-0.25, -0.2) is 9.37 Å². The fraction of sp³-hybridized carbons (Fsp3) is 0.227. The normalized spacial score (nSPS) is 11.8. The highest BCUT2D eigenvalue weighted by Gasteiger charge is 2.23. The van der Waals surface area contributed by atoms with Crippen LogP contribution in [0.2, 0.25) is 5.02 Å². The number of hydrogen-bond acceptors (Lipinski definition) is 6. The van der Waals surface area contributed by atoms with E-state index in [4.69, 9.17) is 11.6 Å². The molecule has 3 N–H and O–H groups in total. The first-order valence-corrected chi connectivity index (χ1v) is 10.2. The van der Waals surface area contributed by atoms with Crippen LogP contribution in [0, 0.1) is 5.82 Å². The lowest BCUT2D eigenvalue weighted by Gasteiger charge is -2.27. The molecule has 4 aromatic rings. The van der Waals surface area contributed by atoms with E-state index in [9.17, 15) is 19.4 Å². The number of pyridine rings is 2. The summed E-state index contributed by atoms with van der Waals surface area (Å²) in [6, 6.07) is 9.67. The Hall–Kier alpha value is -3.27. The van der Waals surface area contributed by atoms with Crippen LogP contribution in [0.5, 0.6) is 0 Å². The molecule has 1 aromatic carbocycles. The summed E-state index contributed by atoms with van der Waals surface area (Å²) in [4.78, 5) is 17.3. The second kappa shape index (κ2) is 8.70. The minimum atomic E-state index is -0.999. The summed E-state index contributed by atoms with van der Waals surface area (Å²) in [5.41, 5.74) is 0.0436. The van der Waals surface area contributed by atoms with Crippen molar-refractivity contribution in [3.8, 4) is 5.69 Å². The molecule has 0 saturated carbocycles. The summed E-state index contributed by atoms with van der Waals surface area (Å²) in [6.07, 6.45) is 4.39. The molecule has 0 spiro atoms. The van der Waals surface area contributed by atoms with Crippen LogP contribution in [-0.4, -0.2) is 48.3 Å². The number of fused-ring (bicyclic) bond motifs is 1. The maximum Gasteiger partial charge on any atom is 0.266 e. The van der Waals surface area contributed by atoms with Crippen LogP contribution in [0.25, 0.3) is 16.6 Å². The van der Waals surface area contributed by atoms with E-state index in [1.54, 1.807) is 48.1 Å². The van der Waals surface area contributed by atoms with E-state index in [0.29, 0.717) is 28.0 Å². The highest BCUT2D eigenvalue weighted by Crippen LogP contribution is 2.24. The van der Waals surface area contributed by atoms with Crippen molar-refractivity contribution in [1.29, 1.82) is 0 Å². The highest BCUT2D eigenvalue weighted by atomic mass is 35.5. The summed E-state index contributed by atoms with van der Waals surface area (Å²) in [5.74, 6) is -0.0110. The lowest BCUT2D eigenvalue weighted by molar-refractivity contribution is 0.147. The van der Waals surface area contributed by atoms with E-state index in [1.165, 1.54) is 23.0 Å². The predicted octanol–water partition coefficient (Wildman–Crippen LogP) is 2.58. The van der Waals surface area contributed by atoms with Crippen molar-refractivity contribution < 1.29 is 14.6 Å². The molecule has 0 radical (unpaired) electrons. The maximum absolute atomic E-state index is 14.0. The van der Waals surface area contributed by atoms with Crippen LogP contribution < -0.4 is 10.9 Å². The topological polar surface area (TPSA) is 105 Å². The summed E-state index contributed by atoms with van der Waals surface area (Å²) in [6.45, 7) is 1.17. The fourth-order valence-corrected chi connectivity index (χ4v) is 3.50. The number of aliphatic hydroxyl groups is 2. The van der Waals surface area contributed by atoms with Crippen molar-refractivity contribution in [3.63, 3.8) is 0 Å². The lowest BCUT2D eigenvalue weighted by atomic mass is 10.1. The molecule has 0 bridgehead atoms. The third-order valence-corrected chi connectivity index (χ3v) is 5.50. The monoisotopic (exact) mass is 457 g/mol. The van der Waals surface area contributed by atoms with Gasteiger partial charge in [-0.3, -0.25) is 14.0 Å². The highest BCUT2D eigenvalue weighted by molar-refractivity contribution is 6.32. The van der Waals surface area contributed by atoms with Gasteiger partial charge in [-0.2, -0.15) is 5.10 Å². The van der Waals surface area contributed by atoms with Gasteiger partial charge in [-0.15, -0.1) is 0 Å². The molecule has 32 heavy (non-hydrogen) atoms. The first-order chi connectivity index (χ1) is 15.3. The Kier molecular flexibility index (Phi) is 5.96. The molecule has 0 saturated heterocycles. The average Bonchev–Trinajstić information content (AvgIpc) is 3.21. The summed E-state index contributed by atoms with van der Waals surface area (Å²) in [7, 11) is 0. The van der Waals surface area contributed by atoms with E-state index in [0.717, 1.165) is 0 Å². The van der Waals surface area contributed by atoms with Crippen molar-refractivity contribution in [2.75, 3.05) is 18.5 Å². The average molecular weight is 458 g/mol. The molecule has 3 heterocycles. The van der Waals surface area contributed by atoms with Gasteiger partial charge in [0.2, 0.25) is 0 Å². The number of nitrogens with zero attached hydrogens (tertiary/aromatic N) is 4. The Morgan fingerprint density at radius 3 is 2.66 bits per heavy atom. The second-order valence-corrected chi connectivity index (χ2v) is 8.11. The molecule has 0 atom stereocenters. The molecular formula is C22H21ClFN5O3. The first kappa shape index (κ1) is 21.9. The van der Waals surface area contributed by atoms with Gasteiger partial charge in [0.1, 0.15) is 11.6 Å². The predicted molar refractivity (Wildman–Crippen MR) is 120 cm³/mol. The number of aliphatic hydroxyl groups excluding tert-OH is 2. The van der Waals surface area contributed by atoms with Crippen LogP contribution in [0.15, 0.2) is 59.8 Å². The third-order valence-electron chi connectivity index (χ3n) is 5.21. The van der Waals surface area contributed by atoms with E-state index in [-0.39, 0.29) is 36.2 Å². The zero-order valence-electron chi connectivity index (χ0n) is 17.2. The van der Waals surface area contributed by atoms with Crippen molar-refractivity contribution in [2.24, 2.45) is 0 Å². The number of hydrogen-bond donors (Lipinski definition) is 3. The maximum atomic E-state index is 14.0. The number of anilines is 1. The van der Waals surface area contributed by atoms with E-state index < -0.39 is 5.54 Å². The molecule has 4 rings (SSSR count). The standard InChI is InChI=1S/C22H21ClFN5O3/c1-22(12-30,13-31)27-20-8-19(16(23)10-25-20)28-7-6-18-15(21(28)32)9-26-29(18)11-14-4-2-3-5-17(14)24/h2-10,30-31H,11-13H2,1H3,(H,25,27). The molecule has 0 unspecified atom stereocenters. The van der Waals surface area contributed by atoms with Crippen LogP contribution in [0.4, 0.5) is 10.2 Å². The number of aromatic nitrogens is 4. The zero-order valence-corrected chi connectivity index (χ0v) is 17.9. The van der Waals surface area contributed by atoms with Crippen LogP contribution in [0.1, 0.15) is 12.5 Å². The number of halogens is 2. The van der Waals surface area contributed by atoms with Crippen molar-refractivity contribution in [2.45, 2.75) is 19.0 Å². The van der Waals surface area contributed by atoms with Crippen LogP contribution in [-0.2, 0) is 6.54 Å². The zero-order chi connectivity index (χ0) is 22.9. The Morgan fingerprint density at radius 2 is 1.94 bits per heavy atom. The summed E-state index contributed by atoms with van der Waals surface area (Å²) >= 11 is 6.31. The van der Waals surface area contributed by atoms with Gasteiger partial charge in [0.15, 0.2) is 0 Å². The van der Waals surface area contributed by atoms with Crippen molar-refractivity contribution >= 4 is 28.3 Å². The molecule has 166 valence electrons. The second-order valence-electron chi connectivity index (χ2n) is 7.71. The van der Waals surface area contributed by atoms with Crippen molar-refractivity contribution in [3.05, 3.63) is 81.7 Å². The molecule has 8 nitrogen and oxygen atoms in total. The molecular weight excluding hydrogens is 437 g/mol. The summed E-state index contributed by atoms with van der Waals surface area (Å²) < 4.78 is 17.0. The van der Waals surface area contributed by atoms with Gasteiger partial charge in [0, 0.05) is 17.8 Å². The first-order valence-electron chi connectivity index (χ1n) is 9.81. The Morgan fingerprint density at radius 1 is 1.19 bits per heavy atom. The number of nitrogens with one attached hydrogen (secondary N) is 1. The van der Waals surface area contributed by atoms with Gasteiger partial charge in [-0.1, -0.05) is 29.8 Å². The number of rotatable bonds is 7. The molecule has 3 aromatic heterocycles. The smallest absolute Gasteiger partial charge is 0.266 e. The third kappa shape index (κ3) is 4.10. The summed E-state index contributed by atoms with van der Waals surface area (Å²) in [5, 5.41) is 26.8. The largest absolute Gasteiger partial charge is 0.394 e. The lowest BCUT2D eigenvalue weighted by Crippen LogP contribution is -2.42. The van der Waals surface area contributed by atoms with Gasteiger partial charge < -0.3 is 15.5 Å². The Labute approximate surface area is 187 Å². The quantitative estimate of drug-likeness (QED) is 0.394. The molecule has 0 aliphatic rings. The van der Waals surface area contributed by atoms with Crippen LogP contribution >= 0.6 is 11.6 Å². The molecule has 0 aliphatic carbocycles. The molecule has 0 aliphatic heterocycles. The van der Waals surface area contributed by atoms with Crippen LogP contribution in [0.3, 0.4) is 0 Å². The van der Waals surface area contributed by atoms with Gasteiger partial charge in [0.25, 0.3) is 5.56 Å². The number of benzene rings is 1. The molecule has 0 fully saturated rings. The van der Waals surface area contributed by atoms with Crippen molar-refractivity contribution in [1.82, 2.24) is 19.3 Å². The molecule has 10 heteroatoms. The Balaban J connectivity index is 1.73. The fourth-order valence-electron chi connectivity index (χ4n) is 3.30.